The third-order valence-electron chi connectivity index (χ3n) is 3.62. The predicted molar refractivity (Wildman–Crippen MR) is 97.6 cm³/mol. The summed E-state index contributed by atoms with van der Waals surface area (Å²) in [5.41, 5.74) is -0.125. The van der Waals surface area contributed by atoms with Crippen LogP contribution in [-0.2, 0) is 9.59 Å². The van der Waals surface area contributed by atoms with E-state index in [0.717, 1.165) is 16.6 Å². The Balaban J connectivity index is 1.90. The molecule has 2 rings (SSSR count). The zero-order valence-corrected chi connectivity index (χ0v) is 15.7. The van der Waals surface area contributed by atoms with Gasteiger partial charge in [0, 0.05) is 16.7 Å². The van der Waals surface area contributed by atoms with Gasteiger partial charge in [-0.3, -0.25) is 14.5 Å². The quantitative estimate of drug-likeness (QED) is 0.744. The number of benzene rings is 1. The number of anilines is 2. The zero-order valence-electron chi connectivity index (χ0n) is 14.1. The summed E-state index contributed by atoms with van der Waals surface area (Å²) in [6.45, 7) is 1.50. The van der Waals surface area contributed by atoms with Gasteiger partial charge in [-0.15, -0.1) is 0 Å². The van der Waals surface area contributed by atoms with Gasteiger partial charge in [0.2, 0.25) is 11.8 Å². The molecule has 2 N–H and O–H groups in total. The van der Waals surface area contributed by atoms with Crippen molar-refractivity contribution in [2.45, 2.75) is 13.0 Å². The molecule has 1 atom stereocenters. The first kappa shape index (κ1) is 19.9. The highest BCUT2D eigenvalue weighted by Crippen LogP contribution is 2.16. The van der Waals surface area contributed by atoms with Crippen LogP contribution < -0.4 is 10.6 Å². The molecule has 0 spiro atoms. The van der Waals surface area contributed by atoms with E-state index in [1.165, 1.54) is 4.90 Å². The molecule has 1 aromatic heterocycles. The number of nitrogens with one attached hydrogen (secondary N) is 2. The smallest absolute Gasteiger partial charge is 0.241 e. The fraction of sp³-hybridized carbons (Fsp3) is 0.235. The van der Waals surface area contributed by atoms with Gasteiger partial charge in [-0.05, 0) is 54.2 Å². The summed E-state index contributed by atoms with van der Waals surface area (Å²) >= 11 is 3.25. The van der Waals surface area contributed by atoms with Crippen LogP contribution in [0.5, 0.6) is 0 Å². The number of aromatic nitrogens is 1. The Morgan fingerprint density at radius 1 is 1.23 bits per heavy atom. The second-order valence-corrected chi connectivity index (χ2v) is 6.53. The van der Waals surface area contributed by atoms with E-state index in [-0.39, 0.29) is 18.1 Å². The Kier molecular flexibility index (Phi) is 6.76. The molecule has 1 aromatic carbocycles. The predicted octanol–water partition coefficient (Wildman–Crippen LogP) is 3.02. The van der Waals surface area contributed by atoms with E-state index in [2.05, 4.69) is 31.5 Å². The number of nitrogens with zero attached hydrogens (tertiary/aromatic N) is 2. The van der Waals surface area contributed by atoms with Crippen LogP contribution in [0, 0.1) is 11.6 Å². The molecule has 2 amide bonds. The first-order chi connectivity index (χ1) is 12.3. The van der Waals surface area contributed by atoms with Gasteiger partial charge in [0.05, 0.1) is 18.3 Å². The number of carbonyl (C=O) groups is 2. The molecule has 2 aromatic rings. The highest BCUT2D eigenvalue weighted by molar-refractivity contribution is 9.10. The van der Waals surface area contributed by atoms with Gasteiger partial charge in [-0.2, -0.15) is 0 Å². The van der Waals surface area contributed by atoms with E-state index >= 15 is 0 Å². The first-order valence-corrected chi connectivity index (χ1v) is 8.43. The molecule has 0 saturated carbocycles. The standard InChI is InChI=1S/C17H17BrF2N4O2/c1-10(17(26)22-14-5-4-12(19)7-13(14)20)24(2)9-16(25)23-15-6-3-11(18)8-21-15/h3-8,10H,9H2,1-2H3,(H,22,26)(H,21,23,25). The third-order valence-corrected chi connectivity index (χ3v) is 4.09. The molecule has 9 heteroatoms. The van der Waals surface area contributed by atoms with Crippen LogP contribution in [0.4, 0.5) is 20.3 Å². The molecule has 0 saturated heterocycles. The van der Waals surface area contributed by atoms with Crippen molar-refractivity contribution in [3.8, 4) is 0 Å². The van der Waals surface area contributed by atoms with Crippen LogP contribution in [-0.4, -0.2) is 41.3 Å². The summed E-state index contributed by atoms with van der Waals surface area (Å²) in [4.78, 5) is 29.8. The number of rotatable bonds is 6. The van der Waals surface area contributed by atoms with Gasteiger partial charge in [0.15, 0.2) is 0 Å². The summed E-state index contributed by atoms with van der Waals surface area (Å²) in [6.07, 6.45) is 1.55. The topological polar surface area (TPSA) is 74.3 Å². The van der Waals surface area contributed by atoms with Crippen LogP contribution in [0.15, 0.2) is 41.0 Å². The Morgan fingerprint density at radius 3 is 2.58 bits per heavy atom. The minimum atomic E-state index is -0.868. The molecular weight excluding hydrogens is 410 g/mol. The van der Waals surface area contributed by atoms with Crippen molar-refractivity contribution in [1.29, 1.82) is 0 Å². The molecule has 138 valence electrons. The summed E-state index contributed by atoms with van der Waals surface area (Å²) < 4.78 is 27.3. The Bertz CT molecular complexity index is 802. The number of halogens is 3. The van der Waals surface area contributed by atoms with Gasteiger partial charge >= 0.3 is 0 Å². The molecule has 0 bridgehead atoms. The fourth-order valence-electron chi connectivity index (χ4n) is 2.02. The molecule has 6 nitrogen and oxygen atoms in total. The largest absolute Gasteiger partial charge is 0.322 e. The lowest BCUT2D eigenvalue weighted by molar-refractivity contribution is -0.122. The lowest BCUT2D eigenvalue weighted by Crippen LogP contribution is -2.43. The van der Waals surface area contributed by atoms with Crippen molar-refractivity contribution in [2.75, 3.05) is 24.2 Å². The van der Waals surface area contributed by atoms with Crippen LogP contribution in [0.1, 0.15) is 6.92 Å². The average Bonchev–Trinajstić information content (AvgIpc) is 2.58. The highest BCUT2D eigenvalue weighted by Gasteiger charge is 2.21. The average molecular weight is 427 g/mol. The van der Waals surface area contributed by atoms with Gasteiger partial charge in [0.25, 0.3) is 0 Å². The van der Waals surface area contributed by atoms with E-state index in [4.69, 9.17) is 0 Å². The summed E-state index contributed by atoms with van der Waals surface area (Å²) in [5, 5.41) is 4.99. The van der Waals surface area contributed by atoms with Crippen molar-refractivity contribution in [3.63, 3.8) is 0 Å². The van der Waals surface area contributed by atoms with E-state index in [9.17, 15) is 18.4 Å². The van der Waals surface area contributed by atoms with Crippen LogP contribution in [0.3, 0.4) is 0 Å². The molecule has 1 unspecified atom stereocenters. The van der Waals surface area contributed by atoms with Crippen molar-refractivity contribution in [2.24, 2.45) is 0 Å². The minimum Gasteiger partial charge on any atom is -0.322 e. The van der Waals surface area contributed by atoms with Crippen molar-refractivity contribution in [3.05, 3.63) is 52.6 Å². The SMILES string of the molecule is CC(C(=O)Nc1ccc(F)cc1F)N(C)CC(=O)Nc1ccc(Br)cn1. The second kappa shape index (κ2) is 8.81. The number of pyridine rings is 1. The maximum absolute atomic E-state index is 13.6. The van der Waals surface area contributed by atoms with Crippen LogP contribution >= 0.6 is 15.9 Å². The summed E-state index contributed by atoms with van der Waals surface area (Å²) in [5.74, 6) is -2.09. The Morgan fingerprint density at radius 2 is 1.96 bits per heavy atom. The maximum atomic E-state index is 13.6. The number of amides is 2. The van der Waals surface area contributed by atoms with Gasteiger partial charge in [-0.1, -0.05) is 0 Å². The Labute approximate surface area is 157 Å². The number of hydrogen-bond acceptors (Lipinski definition) is 4. The molecule has 26 heavy (non-hydrogen) atoms. The second-order valence-electron chi connectivity index (χ2n) is 5.61. The molecule has 1 heterocycles. The molecule has 0 fully saturated rings. The zero-order chi connectivity index (χ0) is 19.3. The number of hydrogen-bond donors (Lipinski definition) is 2. The normalized spacial score (nSPS) is 11.9. The summed E-state index contributed by atoms with van der Waals surface area (Å²) in [6, 6.07) is 5.52. The molecule has 0 aliphatic rings. The summed E-state index contributed by atoms with van der Waals surface area (Å²) in [7, 11) is 1.58. The van der Waals surface area contributed by atoms with Gasteiger partial charge in [0.1, 0.15) is 17.5 Å². The van der Waals surface area contributed by atoms with Crippen molar-refractivity contribution in [1.82, 2.24) is 9.88 Å². The molecule has 0 aliphatic carbocycles. The number of likely N-dealkylation sites (N-methyl/N-ethyl adjacent to an activating group) is 1. The number of carbonyl (C=O) groups excluding carboxylic acids is 2. The van der Waals surface area contributed by atoms with Gasteiger partial charge < -0.3 is 10.6 Å². The lowest BCUT2D eigenvalue weighted by atomic mass is 10.2. The third kappa shape index (κ3) is 5.57. The highest BCUT2D eigenvalue weighted by atomic mass is 79.9. The van der Waals surface area contributed by atoms with E-state index in [1.54, 1.807) is 32.3 Å². The fourth-order valence-corrected chi connectivity index (χ4v) is 2.26. The van der Waals surface area contributed by atoms with Crippen LogP contribution in [0.25, 0.3) is 0 Å². The minimum absolute atomic E-state index is 0.0712. The Hall–Kier alpha value is -2.39. The maximum Gasteiger partial charge on any atom is 0.241 e. The molecular formula is C17H17BrF2N4O2. The van der Waals surface area contributed by atoms with E-state index in [1.807, 2.05) is 0 Å². The lowest BCUT2D eigenvalue weighted by Gasteiger charge is -2.23. The van der Waals surface area contributed by atoms with Crippen LogP contribution in [0.2, 0.25) is 0 Å². The molecule has 0 aliphatic heterocycles. The monoisotopic (exact) mass is 426 g/mol. The first-order valence-electron chi connectivity index (χ1n) is 7.64. The van der Waals surface area contributed by atoms with E-state index < -0.39 is 23.6 Å². The molecule has 0 radical (unpaired) electrons. The van der Waals surface area contributed by atoms with Gasteiger partial charge in [-0.25, -0.2) is 13.8 Å². The van der Waals surface area contributed by atoms with E-state index in [0.29, 0.717) is 11.9 Å². The van der Waals surface area contributed by atoms with Crippen molar-refractivity contribution >= 4 is 39.2 Å². The van der Waals surface area contributed by atoms with Crippen molar-refractivity contribution < 1.29 is 18.4 Å².